The lowest BCUT2D eigenvalue weighted by Crippen LogP contribution is -2.39. The number of likely N-dealkylation sites (tertiary alicyclic amines) is 1. The summed E-state index contributed by atoms with van der Waals surface area (Å²) in [6.45, 7) is 7.41. The van der Waals surface area contributed by atoms with Crippen LogP contribution < -0.4 is 10.6 Å². The fourth-order valence-electron chi connectivity index (χ4n) is 3.05. The number of ketones is 1. The highest BCUT2D eigenvalue weighted by Crippen LogP contribution is 2.15. The van der Waals surface area contributed by atoms with E-state index in [1.54, 1.807) is 24.3 Å². The van der Waals surface area contributed by atoms with Gasteiger partial charge in [0.25, 0.3) is 0 Å². The molecule has 0 saturated carbocycles. The van der Waals surface area contributed by atoms with Gasteiger partial charge in [0.15, 0.2) is 5.78 Å². The van der Waals surface area contributed by atoms with E-state index in [0.29, 0.717) is 17.8 Å². The minimum atomic E-state index is -0.692. The molecule has 1 aliphatic rings. The van der Waals surface area contributed by atoms with E-state index < -0.39 is 11.8 Å². The monoisotopic (exact) mass is 345 g/mol. The molecule has 2 N–H and O–H groups in total. The van der Waals surface area contributed by atoms with Gasteiger partial charge in [0.1, 0.15) is 0 Å². The molecule has 1 aromatic rings. The molecule has 2 amide bonds. The standard InChI is InChI=1S/C19H27N3O3/c1-14-5-3-11-22(13-14)12-4-10-20-18(24)19(25)21-17-8-6-16(7-9-17)15(2)23/h6-9,14H,3-5,10-13H2,1-2H3,(H,20,24)(H,21,25). The van der Waals surface area contributed by atoms with E-state index in [2.05, 4.69) is 22.5 Å². The van der Waals surface area contributed by atoms with Crippen LogP contribution in [0.5, 0.6) is 0 Å². The average molecular weight is 345 g/mol. The van der Waals surface area contributed by atoms with Crippen LogP contribution in [0.1, 0.15) is 43.5 Å². The molecule has 0 aliphatic carbocycles. The Hall–Kier alpha value is -2.21. The third-order valence-corrected chi connectivity index (χ3v) is 4.43. The van der Waals surface area contributed by atoms with Crippen molar-refractivity contribution in [3.8, 4) is 0 Å². The van der Waals surface area contributed by atoms with Gasteiger partial charge < -0.3 is 15.5 Å². The number of piperidine rings is 1. The fraction of sp³-hybridized carbons (Fsp3) is 0.526. The molecule has 1 heterocycles. The van der Waals surface area contributed by atoms with Gasteiger partial charge in [0.05, 0.1) is 0 Å². The first-order valence-electron chi connectivity index (χ1n) is 8.88. The van der Waals surface area contributed by atoms with Crippen LogP contribution in [0.3, 0.4) is 0 Å². The highest BCUT2D eigenvalue weighted by atomic mass is 16.2. The number of hydrogen-bond donors (Lipinski definition) is 2. The normalized spacial score (nSPS) is 17.8. The summed E-state index contributed by atoms with van der Waals surface area (Å²) in [5.74, 6) is -0.632. The number of nitrogens with one attached hydrogen (secondary N) is 2. The number of Topliss-reactive ketones (excluding diaryl/α,β-unsaturated/α-hetero) is 1. The molecule has 6 heteroatoms. The Bertz CT molecular complexity index is 613. The van der Waals surface area contributed by atoms with Gasteiger partial charge in [-0.1, -0.05) is 6.92 Å². The highest BCUT2D eigenvalue weighted by Gasteiger charge is 2.16. The van der Waals surface area contributed by atoms with E-state index in [1.807, 2.05) is 0 Å². The molecule has 0 bridgehead atoms. The zero-order valence-electron chi connectivity index (χ0n) is 15.0. The van der Waals surface area contributed by atoms with Crippen LogP contribution in [-0.2, 0) is 9.59 Å². The topological polar surface area (TPSA) is 78.5 Å². The van der Waals surface area contributed by atoms with Crippen LogP contribution in [0.2, 0.25) is 0 Å². The lowest BCUT2D eigenvalue weighted by Gasteiger charge is -2.30. The molecule has 1 atom stereocenters. The van der Waals surface area contributed by atoms with Crippen LogP contribution in [-0.4, -0.2) is 48.7 Å². The van der Waals surface area contributed by atoms with Crippen LogP contribution in [0, 0.1) is 5.92 Å². The molecule has 0 spiro atoms. The second-order valence-corrected chi connectivity index (χ2v) is 6.75. The molecule has 0 aromatic heterocycles. The van der Waals surface area contributed by atoms with Crippen molar-refractivity contribution < 1.29 is 14.4 Å². The van der Waals surface area contributed by atoms with E-state index >= 15 is 0 Å². The van der Waals surface area contributed by atoms with Crippen LogP contribution >= 0.6 is 0 Å². The maximum Gasteiger partial charge on any atom is 0.313 e. The summed E-state index contributed by atoms with van der Waals surface area (Å²) in [6.07, 6.45) is 3.36. The number of amides is 2. The summed E-state index contributed by atoms with van der Waals surface area (Å²) < 4.78 is 0. The number of carbonyl (C=O) groups is 3. The van der Waals surface area contributed by atoms with E-state index in [4.69, 9.17) is 0 Å². The first-order chi connectivity index (χ1) is 12.0. The van der Waals surface area contributed by atoms with Gasteiger partial charge in [-0.25, -0.2) is 0 Å². The second kappa shape index (κ2) is 9.32. The van der Waals surface area contributed by atoms with Gasteiger partial charge in [-0.2, -0.15) is 0 Å². The first-order valence-corrected chi connectivity index (χ1v) is 8.88. The van der Waals surface area contributed by atoms with Crippen molar-refractivity contribution in [2.45, 2.75) is 33.1 Å². The third kappa shape index (κ3) is 6.31. The van der Waals surface area contributed by atoms with Crippen molar-refractivity contribution in [1.29, 1.82) is 0 Å². The Morgan fingerprint density at radius 1 is 1.16 bits per heavy atom. The van der Waals surface area contributed by atoms with Crippen molar-refractivity contribution in [1.82, 2.24) is 10.2 Å². The molecule has 1 aliphatic heterocycles. The predicted octanol–water partition coefficient (Wildman–Crippen LogP) is 2.07. The van der Waals surface area contributed by atoms with Crippen LogP contribution in [0.25, 0.3) is 0 Å². The molecular formula is C19H27N3O3. The SMILES string of the molecule is CC(=O)c1ccc(NC(=O)C(=O)NCCCN2CCCC(C)C2)cc1. The predicted molar refractivity (Wildman–Crippen MR) is 97.5 cm³/mol. The van der Waals surface area contributed by atoms with Crippen molar-refractivity contribution in [3.05, 3.63) is 29.8 Å². The zero-order valence-corrected chi connectivity index (χ0v) is 15.0. The third-order valence-electron chi connectivity index (χ3n) is 4.43. The molecule has 136 valence electrons. The van der Waals surface area contributed by atoms with Gasteiger partial charge in [-0.05, 0) is 69.5 Å². The Balaban J connectivity index is 1.67. The molecule has 1 fully saturated rings. The highest BCUT2D eigenvalue weighted by molar-refractivity contribution is 6.39. The van der Waals surface area contributed by atoms with Gasteiger partial charge in [-0.3, -0.25) is 14.4 Å². The Morgan fingerprint density at radius 2 is 1.88 bits per heavy atom. The smallest absolute Gasteiger partial charge is 0.313 e. The summed E-state index contributed by atoms with van der Waals surface area (Å²) in [7, 11) is 0. The number of nitrogens with zero attached hydrogens (tertiary/aromatic N) is 1. The summed E-state index contributed by atoms with van der Waals surface area (Å²) in [6, 6.07) is 6.46. The lowest BCUT2D eigenvalue weighted by molar-refractivity contribution is -0.136. The van der Waals surface area contributed by atoms with Crippen molar-refractivity contribution in [3.63, 3.8) is 0 Å². The van der Waals surface area contributed by atoms with Gasteiger partial charge >= 0.3 is 11.8 Å². The van der Waals surface area contributed by atoms with E-state index in [1.165, 1.54) is 19.8 Å². The van der Waals surface area contributed by atoms with Gasteiger partial charge in [0.2, 0.25) is 0 Å². The van der Waals surface area contributed by atoms with Gasteiger partial charge in [-0.15, -0.1) is 0 Å². The molecular weight excluding hydrogens is 318 g/mol. The molecule has 0 radical (unpaired) electrons. The largest absolute Gasteiger partial charge is 0.348 e. The Morgan fingerprint density at radius 3 is 2.52 bits per heavy atom. The van der Waals surface area contributed by atoms with E-state index in [-0.39, 0.29) is 5.78 Å². The van der Waals surface area contributed by atoms with E-state index in [9.17, 15) is 14.4 Å². The van der Waals surface area contributed by atoms with Crippen LogP contribution in [0.15, 0.2) is 24.3 Å². The summed E-state index contributed by atoms with van der Waals surface area (Å²) in [5.41, 5.74) is 1.06. The number of carbonyl (C=O) groups excluding carboxylic acids is 3. The minimum Gasteiger partial charge on any atom is -0.348 e. The Labute approximate surface area is 149 Å². The van der Waals surface area contributed by atoms with Crippen molar-refractivity contribution >= 4 is 23.3 Å². The molecule has 25 heavy (non-hydrogen) atoms. The maximum absolute atomic E-state index is 11.9. The first kappa shape index (κ1) is 19.1. The number of hydrogen-bond acceptors (Lipinski definition) is 4. The zero-order chi connectivity index (χ0) is 18.2. The van der Waals surface area contributed by atoms with Crippen LogP contribution in [0.4, 0.5) is 5.69 Å². The molecule has 2 rings (SSSR count). The van der Waals surface area contributed by atoms with Crippen molar-refractivity contribution in [2.24, 2.45) is 5.92 Å². The summed E-state index contributed by atoms with van der Waals surface area (Å²) in [5, 5.41) is 5.18. The molecule has 6 nitrogen and oxygen atoms in total. The summed E-state index contributed by atoms with van der Waals surface area (Å²) >= 11 is 0. The Kier molecular flexibility index (Phi) is 7.13. The van der Waals surface area contributed by atoms with E-state index in [0.717, 1.165) is 32.0 Å². The fourth-order valence-corrected chi connectivity index (χ4v) is 3.05. The second-order valence-electron chi connectivity index (χ2n) is 6.75. The average Bonchev–Trinajstić information content (AvgIpc) is 2.59. The van der Waals surface area contributed by atoms with Gasteiger partial charge in [0, 0.05) is 24.3 Å². The van der Waals surface area contributed by atoms with Crippen molar-refractivity contribution in [2.75, 3.05) is 31.5 Å². The molecule has 1 aromatic carbocycles. The lowest BCUT2D eigenvalue weighted by atomic mass is 10.0. The molecule has 1 saturated heterocycles. The number of anilines is 1. The number of rotatable bonds is 6. The summed E-state index contributed by atoms with van der Waals surface area (Å²) in [4.78, 5) is 37.3. The quantitative estimate of drug-likeness (QED) is 0.470. The molecule has 1 unspecified atom stereocenters. The minimum absolute atomic E-state index is 0.0429. The number of benzene rings is 1. The maximum atomic E-state index is 11.9.